The van der Waals surface area contributed by atoms with Gasteiger partial charge < -0.3 is 19.9 Å². The van der Waals surface area contributed by atoms with Crippen LogP contribution in [0.1, 0.15) is 10.4 Å². The van der Waals surface area contributed by atoms with E-state index in [2.05, 4.69) is 37.2 Å². The minimum Gasteiger partial charge on any atom is -0.494 e. The predicted molar refractivity (Wildman–Crippen MR) is 114 cm³/mol. The number of para-hydroxylation sites is 1. The number of ether oxygens (including phenoxy) is 1. The lowest BCUT2D eigenvalue weighted by Crippen LogP contribution is -2.47. The van der Waals surface area contributed by atoms with Gasteiger partial charge in [-0.3, -0.25) is 4.79 Å². The first-order chi connectivity index (χ1) is 14.6. The second-order valence-electron chi connectivity index (χ2n) is 6.88. The first-order valence-electron chi connectivity index (χ1n) is 9.66. The van der Waals surface area contributed by atoms with Crippen molar-refractivity contribution in [2.24, 2.45) is 0 Å². The van der Waals surface area contributed by atoms with Crippen molar-refractivity contribution >= 4 is 23.2 Å². The molecule has 0 atom stereocenters. The molecule has 7 nitrogen and oxygen atoms in total. The van der Waals surface area contributed by atoms with Crippen molar-refractivity contribution in [1.29, 1.82) is 0 Å². The van der Waals surface area contributed by atoms with Crippen LogP contribution in [0.5, 0.6) is 5.75 Å². The van der Waals surface area contributed by atoms with Crippen LogP contribution in [0.4, 0.5) is 21.7 Å². The number of anilines is 3. The van der Waals surface area contributed by atoms with Gasteiger partial charge in [0.05, 0.1) is 25.2 Å². The highest BCUT2D eigenvalue weighted by Crippen LogP contribution is 2.20. The molecule has 2 heterocycles. The van der Waals surface area contributed by atoms with Crippen LogP contribution in [-0.2, 0) is 0 Å². The maximum atomic E-state index is 13.8. The van der Waals surface area contributed by atoms with E-state index in [0.29, 0.717) is 11.6 Å². The molecule has 1 aromatic heterocycles. The largest absolute Gasteiger partial charge is 0.494 e. The van der Waals surface area contributed by atoms with Gasteiger partial charge in [0.1, 0.15) is 0 Å². The fourth-order valence-electron chi connectivity index (χ4n) is 3.36. The summed E-state index contributed by atoms with van der Waals surface area (Å²) >= 11 is 0. The number of nitrogens with zero attached hydrogens (tertiary/aromatic N) is 4. The molecule has 2 aromatic carbocycles. The molecule has 0 unspecified atom stereocenters. The van der Waals surface area contributed by atoms with Gasteiger partial charge in [0.25, 0.3) is 5.91 Å². The molecule has 1 N–H and O–H groups in total. The fourth-order valence-corrected chi connectivity index (χ4v) is 3.36. The summed E-state index contributed by atoms with van der Waals surface area (Å²) in [5, 5.41) is 2.68. The van der Waals surface area contributed by atoms with Gasteiger partial charge in [-0.05, 0) is 30.3 Å². The summed E-state index contributed by atoms with van der Waals surface area (Å²) in [6.45, 7) is 3.39. The van der Waals surface area contributed by atoms with E-state index in [1.54, 1.807) is 12.4 Å². The average Bonchev–Trinajstić information content (AvgIpc) is 2.80. The highest BCUT2D eigenvalue weighted by molar-refractivity contribution is 6.04. The number of halogens is 1. The van der Waals surface area contributed by atoms with Crippen LogP contribution in [0, 0.1) is 5.82 Å². The van der Waals surface area contributed by atoms with Crippen molar-refractivity contribution < 1.29 is 13.9 Å². The Morgan fingerprint density at radius 3 is 2.30 bits per heavy atom. The van der Waals surface area contributed by atoms with Crippen molar-refractivity contribution in [2.75, 3.05) is 48.4 Å². The van der Waals surface area contributed by atoms with E-state index < -0.39 is 11.7 Å². The summed E-state index contributed by atoms with van der Waals surface area (Å²) in [7, 11) is 1.37. The number of hydrogen-bond acceptors (Lipinski definition) is 6. The molecule has 1 fully saturated rings. The molecule has 0 bridgehead atoms. The average molecular weight is 407 g/mol. The standard InChI is InChI=1S/C22H22FN5O2/c1-30-20-8-7-16(13-19(20)23)21(29)26-17-14-24-22(25-15-17)28-11-9-27(10-12-28)18-5-3-2-4-6-18/h2-8,13-15H,9-12H2,1H3,(H,26,29). The van der Waals surface area contributed by atoms with Gasteiger partial charge in [-0.1, -0.05) is 18.2 Å². The van der Waals surface area contributed by atoms with E-state index in [1.165, 1.54) is 24.9 Å². The molecule has 0 radical (unpaired) electrons. The smallest absolute Gasteiger partial charge is 0.255 e. The zero-order chi connectivity index (χ0) is 20.9. The molecule has 1 aliphatic rings. The zero-order valence-corrected chi connectivity index (χ0v) is 16.6. The molecule has 0 aliphatic carbocycles. The van der Waals surface area contributed by atoms with E-state index in [1.807, 2.05) is 18.2 Å². The molecule has 3 aromatic rings. The number of aromatic nitrogens is 2. The van der Waals surface area contributed by atoms with Gasteiger partial charge >= 0.3 is 0 Å². The van der Waals surface area contributed by atoms with Crippen molar-refractivity contribution in [3.8, 4) is 5.75 Å². The lowest BCUT2D eigenvalue weighted by Gasteiger charge is -2.36. The topological polar surface area (TPSA) is 70.6 Å². The van der Waals surface area contributed by atoms with Crippen LogP contribution >= 0.6 is 0 Å². The summed E-state index contributed by atoms with van der Waals surface area (Å²) in [6, 6.07) is 14.4. The number of carbonyl (C=O) groups excluding carboxylic acids is 1. The summed E-state index contributed by atoms with van der Waals surface area (Å²) in [5.74, 6) is -0.321. The monoisotopic (exact) mass is 407 g/mol. The quantitative estimate of drug-likeness (QED) is 0.701. The Morgan fingerprint density at radius 1 is 1.00 bits per heavy atom. The highest BCUT2D eigenvalue weighted by atomic mass is 19.1. The van der Waals surface area contributed by atoms with Crippen LogP contribution in [0.3, 0.4) is 0 Å². The maximum Gasteiger partial charge on any atom is 0.255 e. The first-order valence-corrected chi connectivity index (χ1v) is 9.66. The Labute approximate surface area is 174 Å². The molecular formula is C22H22FN5O2. The number of benzene rings is 2. The van der Waals surface area contributed by atoms with Gasteiger partial charge in [-0.2, -0.15) is 0 Å². The van der Waals surface area contributed by atoms with E-state index in [0.717, 1.165) is 32.2 Å². The molecular weight excluding hydrogens is 385 g/mol. The lowest BCUT2D eigenvalue weighted by molar-refractivity contribution is 0.102. The van der Waals surface area contributed by atoms with Gasteiger partial charge in [0.15, 0.2) is 11.6 Å². The normalized spacial score (nSPS) is 13.8. The maximum absolute atomic E-state index is 13.8. The van der Waals surface area contributed by atoms with Crippen molar-refractivity contribution in [3.63, 3.8) is 0 Å². The summed E-state index contributed by atoms with van der Waals surface area (Å²) in [4.78, 5) is 25.5. The molecule has 1 amide bonds. The predicted octanol–water partition coefficient (Wildman–Crippen LogP) is 3.20. The van der Waals surface area contributed by atoms with Gasteiger partial charge in [0, 0.05) is 37.4 Å². The van der Waals surface area contributed by atoms with Crippen LogP contribution < -0.4 is 19.9 Å². The Morgan fingerprint density at radius 2 is 1.67 bits per heavy atom. The Hall–Kier alpha value is -3.68. The third-order valence-corrected chi connectivity index (χ3v) is 4.99. The lowest BCUT2D eigenvalue weighted by atomic mass is 10.2. The van der Waals surface area contributed by atoms with Crippen LogP contribution in [0.15, 0.2) is 60.9 Å². The van der Waals surface area contributed by atoms with Crippen LogP contribution in [0.2, 0.25) is 0 Å². The Kier molecular flexibility index (Phi) is 5.74. The molecule has 4 rings (SSSR count). The third kappa shape index (κ3) is 4.32. The summed E-state index contributed by atoms with van der Waals surface area (Å²) in [5.41, 5.74) is 1.85. The van der Waals surface area contributed by atoms with Crippen LogP contribution in [-0.4, -0.2) is 49.2 Å². The minimum atomic E-state index is -0.591. The van der Waals surface area contributed by atoms with Gasteiger partial charge in [0.2, 0.25) is 5.95 Å². The van der Waals surface area contributed by atoms with Crippen LogP contribution in [0.25, 0.3) is 0 Å². The first kappa shape index (κ1) is 19.6. The van der Waals surface area contributed by atoms with Crippen molar-refractivity contribution in [2.45, 2.75) is 0 Å². The number of hydrogen-bond donors (Lipinski definition) is 1. The number of amides is 1. The van der Waals surface area contributed by atoms with E-state index >= 15 is 0 Å². The SMILES string of the molecule is COc1ccc(C(=O)Nc2cnc(N3CCN(c4ccccc4)CC3)nc2)cc1F. The number of rotatable bonds is 5. The molecule has 154 valence electrons. The summed E-state index contributed by atoms with van der Waals surface area (Å²) in [6.07, 6.45) is 3.12. The number of methoxy groups -OCH3 is 1. The van der Waals surface area contributed by atoms with Crippen molar-refractivity contribution in [1.82, 2.24) is 9.97 Å². The molecule has 0 saturated carbocycles. The second-order valence-corrected chi connectivity index (χ2v) is 6.88. The molecule has 1 aliphatic heterocycles. The van der Waals surface area contributed by atoms with Gasteiger partial charge in [-0.25, -0.2) is 14.4 Å². The Bertz CT molecular complexity index is 1010. The molecule has 0 spiro atoms. The number of carbonyl (C=O) groups is 1. The number of nitrogens with one attached hydrogen (secondary N) is 1. The fraction of sp³-hybridized carbons (Fsp3) is 0.227. The molecule has 30 heavy (non-hydrogen) atoms. The second kappa shape index (κ2) is 8.77. The van der Waals surface area contributed by atoms with E-state index in [4.69, 9.17) is 4.74 Å². The molecule has 8 heteroatoms. The minimum absolute atomic E-state index is 0.0894. The number of piperazine rings is 1. The highest BCUT2D eigenvalue weighted by Gasteiger charge is 2.19. The zero-order valence-electron chi connectivity index (χ0n) is 16.6. The van der Waals surface area contributed by atoms with Crippen molar-refractivity contribution in [3.05, 3.63) is 72.3 Å². The molecule has 1 saturated heterocycles. The van der Waals surface area contributed by atoms with E-state index in [9.17, 15) is 9.18 Å². The third-order valence-electron chi connectivity index (χ3n) is 4.99. The van der Waals surface area contributed by atoms with Gasteiger partial charge in [-0.15, -0.1) is 0 Å². The summed E-state index contributed by atoms with van der Waals surface area (Å²) < 4.78 is 18.7. The Balaban J connectivity index is 1.35. The van der Waals surface area contributed by atoms with E-state index in [-0.39, 0.29) is 11.3 Å².